The van der Waals surface area contributed by atoms with Gasteiger partial charge in [0.2, 0.25) is 0 Å². The number of furan rings is 1. The van der Waals surface area contributed by atoms with Crippen LogP contribution in [0.2, 0.25) is 0 Å². The maximum atomic E-state index is 6.45. The second kappa shape index (κ2) is 12.4. The summed E-state index contributed by atoms with van der Waals surface area (Å²) in [6.45, 7) is 16.6. The van der Waals surface area contributed by atoms with E-state index in [1.807, 2.05) is 30.4 Å². The van der Waals surface area contributed by atoms with E-state index in [0.717, 1.165) is 28.4 Å². The second-order valence-electron chi connectivity index (χ2n) is 9.17. The molecule has 0 radical (unpaired) electrons. The molecule has 0 fully saturated rings. The van der Waals surface area contributed by atoms with Crippen LogP contribution < -0.4 is 21.2 Å². The Kier molecular flexibility index (Phi) is 8.53. The average Bonchev–Trinajstić information content (AvgIpc) is 3.35. The lowest BCUT2D eigenvalue weighted by Crippen LogP contribution is -2.32. The molecule has 0 aliphatic rings. The molecular weight excluding hydrogens is 510 g/mol. The summed E-state index contributed by atoms with van der Waals surface area (Å²) in [5.74, 6) is 0. The molecule has 1 aromatic heterocycles. The molecule has 1 nitrogen and oxygen atoms in total. The van der Waals surface area contributed by atoms with Gasteiger partial charge in [-0.15, -0.1) is 13.2 Å². The highest BCUT2D eigenvalue weighted by atomic mass is 31.1. The Morgan fingerprint density at radius 2 is 1.38 bits per heavy atom. The van der Waals surface area contributed by atoms with E-state index in [1.165, 1.54) is 26.5 Å². The van der Waals surface area contributed by atoms with Crippen molar-refractivity contribution in [3.05, 3.63) is 159 Å². The van der Waals surface area contributed by atoms with Gasteiger partial charge in [-0.25, -0.2) is 0 Å². The van der Waals surface area contributed by atoms with Crippen LogP contribution in [0, 0.1) is 0 Å². The van der Waals surface area contributed by atoms with Gasteiger partial charge in [0.1, 0.15) is 11.2 Å². The maximum absolute atomic E-state index is 6.45. The van der Waals surface area contributed by atoms with Crippen LogP contribution in [-0.4, -0.2) is 5.66 Å². The number of para-hydroxylation sites is 1. The number of hydrogen-bond acceptors (Lipinski definition) is 1. The second-order valence-corrected chi connectivity index (χ2v) is 13.8. The summed E-state index contributed by atoms with van der Waals surface area (Å²) in [4.78, 5) is 0. The van der Waals surface area contributed by atoms with Gasteiger partial charge in [0.05, 0.1) is 0 Å². The number of benzene rings is 4. The fourth-order valence-electron chi connectivity index (χ4n) is 5.06. The molecule has 3 heteroatoms. The summed E-state index contributed by atoms with van der Waals surface area (Å²) in [6, 6.07) is 34.6. The Morgan fingerprint density at radius 3 is 2.03 bits per heavy atom. The molecule has 0 bridgehead atoms. The number of fused-ring (bicyclic) bond motifs is 3. The van der Waals surface area contributed by atoms with E-state index >= 15 is 0 Å². The minimum absolute atomic E-state index is 0.226. The minimum atomic E-state index is -0.926. The van der Waals surface area contributed by atoms with E-state index in [9.17, 15) is 0 Å². The summed E-state index contributed by atoms with van der Waals surface area (Å²) in [5.41, 5.74) is 2.04. The Labute approximate surface area is 234 Å². The molecule has 0 spiro atoms. The molecule has 192 valence electrons. The molecule has 4 aromatic carbocycles. The third-order valence-electron chi connectivity index (χ3n) is 6.79. The van der Waals surface area contributed by atoms with Crippen molar-refractivity contribution in [2.45, 2.75) is 12.1 Å². The number of hydrogen-bond donors (Lipinski definition) is 0. The van der Waals surface area contributed by atoms with Crippen molar-refractivity contribution >= 4 is 59.0 Å². The van der Waals surface area contributed by atoms with Gasteiger partial charge in [-0.05, 0) is 67.0 Å². The zero-order chi connectivity index (χ0) is 27.2. The van der Waals surface area contributed by atoms with Crippen molar-refractivity contribution in [2.75, 3.05) is 0 Å². The molecule has 0 N–H and O–H groups in total. The molecule has 3 unspecified atom stereocenters. The van der Waals surface area contributed by atoms with Crippen molar-refractivity contribution in [3.8, 4) is 0 Å². The average molecular weight is 543 g/mol. The van der Waals surface area contributed by atoms with E-state index in [2.05, 4.69) is 123 Å². The molecule has 0 aliphatic carbocycles. The van der Waals surface area contributed by atoms with Gasteiger partial charge >= 0.3 is 0 Å². The van der Waals surface area contributed by atoms with Crippen LogP contribution in [-0.2, 0) is 0 Å². The van der Waals surface area contributed by atoms with Crippen LogP contribution in [0.5, 0.6) is 0 Å². The molecule has 39 heavy (non-hydrogen) atoms. The van der Waals surface area contributed by atoms with Crippen molar-refractivity contribution < 1.29 is 4.42 Å². The normalized spacial score (nSPS) is 14.0. The lowest BCUT2D eigenvalue weighted by molar-refractivity contribution is 0.669. The van der Waals surface area contributed by atoms with Crippen molar-refractivity contribution in [2.24, 2.45) is 0 Å². The summed E-state index contributed by atoms with van der Waals surface area (Å²) >= 11 is 0. The minimum Gasteiger partial charge on any atom is -0.456 e. The van der Waals surface area contributed by atoms with E-state index in [1.54, 1.807) is 0 Å². The van der Waals surface area contributed by atoms with Crippen LogP contribution >= 0.6 is 15.8 Å². The Morgan fingerprint density at radius 1 is 0.718 bits per heavy atom. The monoisotopic (exact) mass is 542 g/mol. The van der Waals surface area contributed by atoms with Gasteiger partial charge < -0.3 is 4.42 Å². The van der Waals surface area contributed by atoms with Crippen molar-refractivity contribution in [3.63, 3.8) is 0 Å². The first kappa shape index (κ1) is 26.8. The molecule has 0 aliphatic heterocycles. The van der Waals surface area contributed by atoms with Crippen molar-refractivity contribution in [1.29, 1.82) is 0 Å². The highest BCUT2D eigenvalue weighted by Crippen LogP contribution is 2.49. The predicted molar refractivity (Wildman–Crippen MR) is 176 cm³/mol. The van der Waals surface area contributed by atoms with Gasteiger partial charge in [0, 0.05) is 16.4 Å². The molecule has 0 saturated heterocycles. The first-order valence-electron chi connectivity index (χ1n) is 13.0. The largest absolute Gasteiger partial charge is 0.456 e. The standard InChI is InChI=1S/C36H32OP2/c1-5-17-27(7-3)38(29-19-11-9-12-20-29)35-25-32-31-23-15-16-24-33(31)37-34(32)26-36(35)39(28(8-4)18-6-2)30-21-13-10-14-22-30/h5-17,19-26,28H,1-4,18H2/b27-17+. The van der Waals surface area contributed by atoms with Crippen molar-refractivity contribution in [1.82, 2.24) is 0 Å². The van der Waals surface area contributed by atoms with E-state index in [4.69, 9.17) is 4.42 Å². The zero-order valence-electron chi connectivity index (χ0n) is 22.0. The van der Waals surface area contributed by atoms with Crippen LogP contribution in [0.1, 0.15) is 6.42 Å². The molecule has 5 aromatic rings. The third kappa shape index (κ3) is 5.39. The topological polar surface area (TPSA) is 13.1 Å². The SMILES string of the molecule is C=C/C=C(\C=C)P(c1ccccc1)c1cc2c(cc1P(c1ccccc1)C(C=C)CC=C)oc1ccccc12. The summed E-state index contributed by atoms with van der Waals surface area (Å²) in [6.07, 6.45) is 10.9. The lowest BCUT2D eigenvalue weighted by atomic mass is 10.1. The summed E-state index contributed by atoms with van der Waals surface area (Å²) < 4.78 is 6.45. The van der Waals surface area contributed by atoms with Gasteiger partial charge in [0.25, 0.3) is 0 Å². The Balaban J connectivity index is 1.91. The highest BCUT2D eigenvalue weighted by molar-refractivity contribution is 7.81. The summed E-state index contributed by atoms with van der Waals surface area (Å²) in [5, 5.41) is 8.64. The first-order chi connectivity index (χ1) is 19.2. The van der Waals surface area contributed by atoms with Crippen LogP contribution in [0.25, 0.3) is 21.9 Å². The van der Waals surface area contributed by atoms with Gasteiger partial charge in [0.15, 0.2) is 0 Å². The lowest BCUT2D eigenvalue weighted by Gasteiger charge is -2.31. The Hall–Kier alpha value is -3.76. The quantitative estimate of drug-likeness (QED) is 0.0923. The third-order valence-corrected chi connectivity index (χ3v) is 12.3. The van der Waals surface area contributed by atoms with Crippen LogP contribution in [0.4, 0.5) is 0 Å². The molecule has 0 saturated carbocycles. The van der Waals surface area contributed by atoms with E-state index < -0.39 is 15.8 Å². The first-order valence-corrected chi connectivity index (χ1v) is 15.8. The van der Waals surface area contributed by atoms with E-state index in [0.29, 0.717) is 0 Å². The molecule has 0 amide bonds. The molecule has 5 rings (SSSR count). The molecule has 1 heterocycles. The summed E-state index contributed by atoms with van der Waals surface area (Å²) in [7, 11) is -1.75. The molecule has 3 atom stereocenters. The number of allylic oxidation sites excluding steroid dienone is 6. The van der Waals surface area contributed by atoms with E-state index in [-0.39, 0.29) is 5.66 Å². The van der Waals surface area contributed by atoms with Gasteiger partial charge in [-0.3, -0.25) is 0 Å². The van der Waals surface area contributed by atoms with Crippen LogP contribution in [0.3, 0.4) is 0 Å². The molecular formula is C36H32OP2. The highest BCUT2D eigenvalue weighted by Gasteiger charge is 2.30. The zero-order valence-corrected chi connectivity index (χ0v) is 23.8. The predicted octanol–water partition coefficient (Wildman–Crippen LogP) is 8.84. The number of rotatable bonds is 11. The fourth-order valence-corrected chi connectivity index (χ4v) is 10.6. The van der Waals surface area contributed by atoms with Gasteiger partial charge in [-0.1, -0.05) is 122 Å². The smallest absolute Gasteiger partial charge is 0.136 e. The fraction of sp³-hybridized carbons (Fsp3) is 0.0556. The maximum Gasteiger partial charge on any atom is 0.136 e. The van der Waals surface area contributed by atoms with Gasteiger partial charge in [-0.2, -0.15) is 0 Å². The Bertz CT molecular complexity index is 1660. The van der Waals surface area contributed by atoms with Crippen LogP contribution in [0.15, 0.2) is 163 Å².